The van der Waals surface area contributed by atoms with Crippen LogP contribution in [0.3, 0.4) is 0 Å². The highest BCUT2D eigenvalue weighted by Gasteiger charge is 2.16. The lowest BCUT2D eigenvalue weighted by molar-refractivity contribution is -0.137. The van der Waals surface area contributed by atoms with Crippen molar-refractivity contribution >= 4 is 17.7 Å². The van der Waals surface area contributed by atoms with Gasteiger partial charge in [-0.15, -0.1) is 0 Å². The summed E-state index contributed by atoms with van der Waals surface area (Å²) in [5.41, 5.74) is 1.76. The summed E-state index contributed by atoms with van der Waals surface area (Å²) in [4.78, 5) is 23.9. The third-order valence-electron chi connectivity index (χ3n) is 2.82. The van der Waals surface area contributed by atoms with Gasteiger partial charge in [-0.1, -0.05) is 32.0 Å². The standard InChI is InChI=1S/C14H20N2O3/c1-4-16(9-13(17)18)14(19)15-12-8-6-5-7-11(12)10(2)3/h5-8,10H,4,9H2,1-3H3,(H,15,19)(H,17,18). The second kappa shape index (κ2) is 6.78. The van der Waals surface area contributed by atoms with Crippen LogP contribution in [0.5, 0.6) is 0 Å². The molecule has 1 aromatic carbocycles. The molecule has 0 unspecified atom stereocenters. The molecule has 0 spiro atoms. The Morgan fingerprint density at radius 1 is 1.32 bits per heavy atom. The maximum atomic E-state index is 12.0. The van der Waals surface area contributed by atoms with Crippen LogP contribution in [-0.2, 0) is 4.79 Å². The van der Waals surface area contributed by atoms with E-state index in [9.17, 15) is 9.59 Å². The van der Waals surface area contributed by atoms with Gasteiger partial charge in [0.25, 0.3) is 0 Å². The van der Waals surface area contributed by atoms with Gasteiger partial charge in [0.1, 0.15) is 6.54 Å². The van der Waals surface area contributed by atoms with E-state index in [0.717, 1.165) is 11.3 Å². The zero-order valence-electron chi connectivity index (χ0n) is 11.5. The predicted molar refractivity (Wildman–Crippen MR) is 74.4 cm³/mol. The van der Waals surface area contributed by atoms with Crippen molar-refractivity contribution in [1.82, 2.24) is 4.90 Å². The maximum Gasteiger partial charge on any atom is 0.323 e. The number of amides is 2. The Morgan fingerprint density at radius 2 is 1.95 bits per heavy atom. The van der Waals surface area contributed by atoms with Crippen LogP contribution in [0.15, 0.2) is 24.3 Å². The monoisotopic (exact) mass is 264 g/mol. The van der Waals surface area contributed by atoms with Crippen LogP contribution in [0.25, 0.3) is 0 Å². The summed E-state index contributed by atoms with van der Waals surface area (Å²) in [5.74, 6) is -0.736. The number of urea groups is 1. The Bertz CT molecular complexity index is 458. The van der Waals surface area contributed by atoms with Crippen molar-refractivity contribution in [2.45, 2.75) is 26.7 Å². The number of nitrogens with one attached hydrogen (secondary N) is 1. The number of carboxylic acids is 1. The van der Waals surface area contributed by atoms with Crippen molar-refractivity contribution in [2.24, 2.45) is 0 Å². The molecular formula is C14H20N2O3. The molecule has 0 saturated carbocycles. The van der Waals surface area contributed by atoms with Crippen molar-refractivity contribution in [2.75, 3.05) is 18.4 Å². The van der Waals surface area contributed by atoms with Crippen molar-refractivity contribution in [1.29, 1.82) is 0 Å². The van der Waals surface area contributed by atoms with Gasteiger partial charge in [-0.2, -0.15) is 0 Å². The van der Waals surface area contributed by atoms with Gasteiger partial charge in [-0.3, -0.25) is 4.79 Å². The number of para-hydroxylation sites is 1. The molecule has 1 aromatic rings. The Balaban J connectivity index is 2.84. The minimum absolute atomic E-state index is 0.283. The molecule has 19 heavy (non-hydrogen) atoms. The van der Waals surface area contributed by atoms with Gasteiger partial charge in [0.05, 0.1) is 0 Å². The number of carbonyl (C=O) groups excluding carboxylic acids is 1. The quantitative estimate of drug-likeness (QED) is 0.859. The van der Waals surface area contributed by atoms with E-state index in [2.05, 4.69) is 5.32 Å². The van der Waals surface area contributed by atoms with Crippen LogP contribution in [0.4, 0.5) is 10.5 Å². The number of aliphatic carboxylic acids is 1. The van der Waals surface area contributed by atoms with E-state index in [1.165, 1.54) is 4.90 Å². The molecule has 2 amide bonds. The van der Waals surface area contributed by atoms with Gasteiger partial charge in [0.15, 0.2) is 0 Å². The minimum atomic E-state index is -1.02. The van der Waals surface area contributed by atoms with Crippen LogP contribution in [0.2, 0.25) is 0 Å². The number of benzene rings is 1. The van der Waals surface area contributed by atoms with Crippen LogP contribution in [-0.4, -0.2) is 35.1 Å². The van der Waals surface area contributed by atoms with E-state index in [-0.39, 0.29) is 12.5 Å². The molecule has 1 rings (SSSR count). The molecule has 0 saturated heterocycles. The molecule has 0 bridgehead atoms. The number of hydrogen-bond acceptors (Lipinski definition) is 2. The lowest BCUT2D eigenvalue weighted by Gasteiger charge is -2.21. The number of likely N-dealkylation sites (N-methyl/N-ethyl adjacent to an activating group) is 1. The number of rotatable bonds is 5. The third-order valence-corrected chi connectivity index (χ3v) is 2.82. The summed E-state index contributed by atoms with van der Waals surface area (Å²) in [5, 5.41) is 11.5. The van der Waals surface area contributed by atoms with Gasteiger partial charge >= 0.3 is 12.0 Å². The summed E-state index contributed by atoms with van der Waals surface area (Å²) in [7, 11) is 0. The molecule has 0 fully saturated rings. The van der Waals surface area contributed by atoms with E-state index in [1.54, 1.807) is 6.92 Å². The van der Waals surface area contributed by atoms with Gasteiger partial charge in [0.2, 0.25) is 0 Å². The van der Waals surface area contributed by atoms with E-state index in [4.69, 9.17) is 5.11 Å². The molecule has 0 heterocycles. The van der Waals surface area contributed by atoms with Gasteiger partial charge in [-0.25, -0.2) is 4.79 Å². The Kier molecular flexibility index (Phi) is 5.36. The maximum absolute atomic E-state index is 12.0. The van der Waals surface area contributed by atoms with Gasteiger partial charge < -0.3 is 15.3 Å². The molecule has 5 nitrogen and oxygen atoms in total. The van der Waals surface area contributed by atoms with E-state index in [1.807, 2.05) is 38.1 Å². The predicted octanol–water partition coefficient (Wildman–Crippen LogP) is 2.75. The first-order chi connectivity index (χ1) is 8.95. The van der Waals surface area contributed by atoms with Crippen molar-refractivity contribution < 1.29 is 14.7 Å². The second-order valence-electron chi connectivity index (χ2n) is 4.58. The van der Waals surface area contributed by atoms with E-state index in [0.29, 0.717) is 6.54 Å². The third kappa shape index (κ3) is 4.28. The molecule has 0 aliphatic heterocycles. The number of carbonyl (C=O) groups is 2. The zero-order chi connectivity index (χ0) is 14.4. The first kappa shape index (κ1) is 15.0. The minimum Gasteiger partial charge on any atom is -0.480 e. The molecule has 0 radical (unpaired) electrons. The van der Waals surface area contributed by atoms with Crippen LogP contribution in [0.1, 0.15) is 32.3 Å². The fraction of sp³-hybridized carbons (Fsp3) is 0.429. The number of carboxylic acid groups (broad SMARTS) is 1. The highest BCUT2D eigenvalue weighted by Crippen LogP contribution is 2.23. The molecule has 0 aliphatic rings. The smallest absolute Gasteiger partial charge is 0.323 e. The molecule has 2 N–H and O–H groups in total. The zero-order valence-corrected chi connectivity index (χ0v) is 11.5. The molecule has 0 atom stereocenters. The summed E-state index contributed by atoms with van der Waals surface area (Å²) >= 11 is 0. The molecule has 5 heteroatoms. The normalized spacial score (nSPS) is 10.3. The summed E-state index contributed by atoms with van der Waals surface area (Å²) in [6, 6.07) is 7.14. The van der Waals surface area contributed by atoms with Crippen molar-refractivity contribution in [3.8, 4) is 0 Å². The number of anilines is 1. The average molecular weight is 264 g/mol. The summed E-state index contributed by atoms with van der Waals surface area (Å²) < 4.78 is 0. The largest absolute Gasteiger partial charge is 0.480 e. The topological polar surface area (TPSA) is 69.6 Å². The highest BCUT2D eigenvalue weighted by molar-refractivity contribution is 5.92. The van der Waals surface area contributed by atoms with Crippen molar-refractivity contribution in [3.63, 3.8) is 0 Å². The number of nitrogens with zero attached hydrogens (tertiary/aromatic N) is 1. The van der Waals surface area contributed by atoms with E-state index < -0.39 is 12.0 Å². The van der Waals surface area contributed by atoms with Crippen LogP contribution < -0.4 is 5.32 Å². The van der Waals surface area contributed by atoms with Crippen LogP contribution in [0, 0.1) is 0 Å². The first-order valence-corrected chi connectivity index (χ1v) is 6.32. The molecular weight excluding hydrogens is 244 g/mol. The summed E-state index contributed by atoms with van der Waals surface area (Å²) in [6.07, 6.45) is 0. The average Bonchev–Trinajstić information content (AvgIpc) is 2.35. The fourth-order valence-corrected chi connectivity index (χ4v) is 1.80. The highest BCUT2D eigenvalue weighted by atomic mass is 16.4. The number of hydrogen-bond donors (Lipinski definition) is 2. The molecule has 104 valence electrons. The Hall–Kier alpha value is -2.04. The Morgan fingerprint density at radius 3 is 2.47 bits per heavy atom. The first-order valence-electron chi connectivity index (χ1n) is 6.32. The molecule has 0 aromatic heterocycles. The van der Waals surface area contributed by atoms with Crippen molar-refractivity contribution in [3.05, 3.63) is 29.8 Å². The fourth-order valence-electron chi connectivity index (χ4n) is 1.80. The lowest BCUT2D eigenvalue weighted by Crippen LogP contribution is -2.38. The second-order valence-corrected chi connectivity index (χ2v) is 4.58. The lowest BCUT2D eigenvalue weighted by atomic mass is 10.0. The Labute approximate surface area is 113 Å². The summed E-state index contributed by atoms with van der Waals surface area (Å²) in [6.45, 7) is 5.88. The van der Waals surface area contributed by atoms with Gasteiger partial charge in [-0.05, 0) is 24.5 Å². The SMILES string of the molecule is CCN(CC(=O)O)C(=O)Nc1ccccc1C(C)C. The van der Waals surface area contributed by atoms with Crippen LogP contribution >= 0.6 is 0 Å². The molecule has 0 aliphatic carbocycles. The van der Waals surface area contributed by atoms with Gasteiger partial charge in [0, 0.05) is 12.2 Å². The van der Waals surface area contributed by atoms with E-state index >= 15 is 0 Å².